The Morgan fingerprint density at radius 2 is 2.00 bits per heavy atom. The number of carbonyl (C=O) groups is 1. The first-order chi connectivity index (χ1) is 14.5. The van der Waals surface area contributed by atoms with Crippen LogP contribution in [0.1, 0.15) is 25.7 Å². The first kappa shape index (κ1) is 22.4. The predicted octanol–water partition coefficient (Wildman–Crippen LogP) is 3.55. The highest BCUT2D eigenvalue weighted by Crippen LogP contribution is 2.31. The Hall–Kier alpha value is -2.33. The van der Waals surface area contributed by atoms with Crippen LogP contribution in [0.15, 0.2) is 22.7 Å². The Balaban J connectivity index is 1.47. The molecular formula is C20H25N3O5S2. The number of piperidine rings is 1. The summed E-state index contributed by atoms with van der Waals surface area (Å²) >= 11 is 6.75. The summed E-state index contributed by atoms with van der Waals surface area (Å²) < 4.78 is 21.7. The number of aromatic nitrogens is 2. The number of methoxy groups -OCH3 is 2. The Morgan fingerprint density at radius 1 is 1.27 bits per heavy atom. The van der Waals surface area contributed by atoms with Gasteiger partial charge < -0.3 is 23.6 Å². The van der Waals surface area contributed by atoms with Crippen LogP contribution >= 0.6 is 24.0 Å². The molecule has 0 aliphatic carbocycles. The number of carbonyl (C=O) groups excluding carboxylic acids is 1. The molecule has 0 saturated carbocycles. The lowest BCUT2D eigenvalue weighted by molar-refractivity contribution is -0.142. The topological polar surface area (TPSA) is 86.9 Å². The largest absolute Gasteiger partial charge is 0.493 e. The van der Waals surface area contributed by atoms with Crippen LogP contribution in [-0.4, -0.2) is 58.4 Å². The second-order valence-electron chi connectivity index (χ2n) is 6.97. The molecule has 1 fully saturated rings. The number of likely N-dealkylation sites (tertiary alicyclic amines) is 1. The third-order valence-corrected chi connectivity index (χ3v) is 6.32. The lowest BCUT2D eigenvalue weighted by Crippen LogP contribution is -2.35. The standard InChI is InChI=1S/C20H25N3O5S2/c1-13-6-8-23(9-7-13)20(29)30-12-18(24)27-11-17-21-19(22-28-17)14-4-5-15(25-2)16(10-14)26-3/h4-5,10,13H,6-9,11-12H2,1-3H3. The second-order valence-corrected chi connectivity index (χ2v) is 8.58. The van der Waals surface area contributed by atoms with E-state index in [0.717, 1.165) is 36.2 Å². The summed E-state index contributed by atoms with van der Waals surface area (Å²) in [6.07, 6.45) is 2.26. The van der Waals surface area contributed by atoms with E-state index in [1.165, 1.54) is 11.8 Å². The van der Waals surface area contributed by atoms with E-state index in [1.54, 1.807) is 32.4 Å². The molecule has 0 spiro atoms. The van der Waals surface area contributed by atoms with E-state index >= 15 is 0 Å². The maximum absolute atomic E-state index is 12.0. The van der Waals surface area contributed by atoms with Gasteiger partial charge in [0, 0.05) is 18.7 Å². The summed E-state index contributed by atoms with van der Waals surface area (Å²) in [5.74, 6) is 2.26. The molecule has 0 radical (unpaired) electrons. The summed E-state index contributed by atoms with van der Waals surface area (Å²) in [5.41, 5.74) is 0.700. The van der Waals surface area contributed by atoms with Gasteiger partial charge in [0.05, 0.1) is 20.0 Å². The smallest absolute Gasteiger partial charge is 0.316 e. The van der Waals surface area contributed by atoms with Crippen molar-refractivity contribution in [1.29, 1.82) is 0 Å². The Bertz CT molecular complexity index is 881. The zero-order valence-corrected chi connectivity index (χ0v) is 18.9. The van der Waals surface area contributed by atoms with Crippen molar-refractivity contribution in [3.63, 3.8) is 0 Å². The SMILES string of the molecule is COc1ccc(-c2noc(COC(=O)CSC(=S)N3CCC(C)CC3)n2)cc1OC. The molecule has 2 heterocycles. The lowest BCUT2D eigenvalue weighted by atomic mass is 10.00. The zero-order valence-electron chi connectivity index (χ0n) is 17.3. The van der Waals surface area contributed by atoms with Crippen LogP contribution in [0.3, 0.4) is 0 Å². The summed E-state index contributed by atoms with van der Waals surface area (Å²) in [5, 5.41) is 3.93. The highest BCUT2D eigenvalue weighted by atomic mass is 32.2. The van der Waals surface area contributed by atoms with Gasteiger partial charge in [-0.2, -0.15) is 4.98 Å². The van der Waals surface area contributed by atoms with Crippen molar-refractivity contribution in [2.45, 2.75) is 26.4 Å². The molecule has 0 amide bonds. The van der Waals surface area contributed by atoms with Crippen molar-refractivity contribution < 1.29 is 23.5 Å². The Morgan fingerprint density at radius 3 is 2.70 bits per heavy atom. The maximum Gasteiger partial charge on any atom is 0.316 e. The number of hydrogen-bond acceptors (Lipinski definition) is 9. The van der Waals surface area contributed by atoms with Gasteiger partial charge in [0.15, 0.2) is 18.1 Å². The van der Waals surface area contributed by atoms with Gasteiger partial charge in [-0.1, -0.05) is 36.1 Å². The minimum absolute atomic E-state index is 0.0896. The first-order valence-electron chi connectivity index (χ1n) is 9.62. The van der Waals surface area contributed by atoms with Crippen LogP contribution in [0.4, 0.5) is 0 Å². The van der Waals surface area contributed by atoms with E-state index in [9.17, 15) is 4.79 Å². The van der Waals surface area contributed by atoms with Gasteiger partial charge in [-0.15, -0.1) is 0 Å². The number of thioether (sulfide) groups is 1. The number of rotatable bonds is 7. The average Bonchev–Trinajstić information content (AvgIpc) is 3.25. The molecule has 1 aliphatic heterocycles. The van der Waals surface area contributed by atoms with Crippen LogP contribution in [0.5, 0.6) is 11.5 Å². The highest BCUT2D eigenvalue weighted by molar-refractivity contribution is 8.23. The number of thiocarbonyl (C=S) groups is 1. The van der Waals surface area contributed by atoms with Gasteiger partial charge in [0.2, 0.25) is 5.82 Å². The van der Waals surface area contributed by atoms with Gasteiger partial charge in [-0.3, -0.25) is 4.79 Å². The molecule has 0 atom stereocenters. The molecule has 1 saturated heterocycles. The molecule has 0 bridgehead atoms. The van der Waals surface area contributed by atoms with E-state index in [1.807, 2.05) is 0 Å². The van der Waals surface area contributed by atoms with Crippen LogP contribution in [-0.2, 0) is 16.1 Å². The molecule has 1 aliphatic rings. The van der Waals surface area contributed by atoms with Crippen LogP contribution < -0.4 is 9.47 Å². The third kappa shape index (κ3) is 5.85. The fraction of sp³-hybridized carbons (Fsp3) is 0.500. The number of esters is 1. The second kappa shape index (κ2) is 10.6. The molecule has 1 aromatic heterocycles. The molecule has 1 aromatic carbocycles. The molecule has 2 aromatic rings. The van der Waals surface area contributed by atoms with Crippen molar-refractivity contribution in [3.8, 4) is 22.9 Å². The lowest BCUT2D eigenvalue weighted by Gasteiger charge is -2.31. The van der Waals surface area contributed by atoms with Crippen molar-refractivity contribution in [2.24, 2.45) is 5.92 Å². The minimum Gasteiger partial charge on any atom is -0.493 e. The fourth-order valence-electron chi connectivity index (χ4n) is 2.99. The molecule has 162 valence electrons. The first-order valence-corrected chi connectivity index (χ1v) is 11.0. The molecule has 30 heavy (non-hydrogen) atoms. The molecule has 8 nitrogen and oxygen atoms in total. The van der Waals surface area contributed by atoms with Gasteiger partial charge in [0.25, 0.3) is 5.89 Å². The van der Waals surface area contributed by atoms with Gasteiger partial charge in [-0.05, 0) is 37.0 Å². The minimum atomic E-state index is -0.376. The quantitative estimate of drug-likeness (QED) is 0.460. The van der Waals surface area contributed by atoms with E-state index in [0.29, 0.717) is 22.9 Å². The summed E-state index contributed by atoms with van der Waals surface area (Å²) in [6, 6.07) is 5.30. The van der Waals surface area contributed by atoms with E-state index in [4.69, 9.17) is 31.0 Å². The van der Waals surface area contributed by atoms with Crippen LogP contribution in [0.25, 0.3) is 11.4 Å². The predicted molar refractivity (Wildman–Crippen MR) is 118 cm³/mol. The van der Waals surface area contributed by atoms with Crippen LogP contribution in [0.2, 0.25) is 0 Å². The van der Waals surface area contributed by atoms with Crippen molar-refractivity contribution in [2.75, 3.05) is 33.1 Å². The van der Waals surface area contributed by atoms with E-state index in [-0.39, 0.29) is 24.2 Å². The van der Waals surface area contributed by atoms with Crippen molar-refractivity contribution >= 4 is 34.3 Å². The van der Waals surface area contributed by atoms with Gasteiger partial charge in [0.1, 0.15) is 4.32 Å². The number of benzene rings is 1. The highest BCUT2D eigenvalue weighted by Gasteiger charge is 2.19. The van der Waals surface area contributed by atoms with Gasteiger partial charge in [-0.25, -0.2) is 0 Å². The summed E-state index contributed by atoms with van der Waals surface area (Å²) in [4.78, 5) is 18.5. The zero-order chi connectivity index (χ0) is 21.5. The monoisotopic (exact) mass is 451 g/mol. The van der Waals surface area contributed by atoms with Gasteiger partial charge >= 0.3 is 5.97 Å². The summed E-state index contributed by atoms with van der Waals surface area (Å²) in [7, 11) is 3.12. The molecule has 10 heteroatoms. The third-order valence-electron chi connectivity index (χ3n) is 4.82. The normalized spacial score (nSPS) is 14.4. The van der Waals surface area contributed by atoms with Crippen molar-refractivity contribution in [3.05, 3.63) is 24.1 Å². The number of ether oxygens (including phenoxy) is 3. The summed E-state index contributed by atoms with van der Waals surface area (Å²) in [6.45, 7) is 4.05. The average molecular weight is 452 g/mol. The molecule has 3 rings (SSSR count). The Kier molecular flexibility index (Phi) is 7.92. The van der Waals surface area contributed by atoms with E-state index in [2.05, 4.69) is 22.0 Å². The molecular weight excluding hydrogens is 426 g/mol. The fourth-order valence-corrected chi connectivity index (χ4v) is 4.04. The number of hydrogen-bond donors (Lipinski definition) is 0. The molecule has 0 unspecified atom stereocenters. The number of nitrogens with zero attached hydrogens (tertiary/aromatic N) is 3. The molecule has 0 N–H and O–H groups in total. The van der Waals surface area contributed by atoms with Crippen LogP contribution in [0, 0.1) is 5.92 Å². The maximum atomic E-state index is 12.0. The van der Waals surface area contributed by atoms with E-state index < -0.39 is 0 Å². The van der Waals surface area contributed by atoms with Crippen molar-refractivity contribution in [1.82, 2.24) is 15.0 Å². The Labute approximate surface area is 185 Å².